The molecule has 0 unspecified atom stereocenters. The number of aromatic nitrogens is 1. The van der Waals surface area contributed by atoms with Gasteiger partial charge in [-0.1, -0.05) is 30.3 Å². The summed E-state index contributed by atoms with van der Waals surface area (Å²) < 4.78 is 5.37. The molecule has 21 heavy (non-hydrogen) atoms. The number of para-hydroxylation sites is 1. The normalized spacial score (nSPS) is 10.3. The van der Waals surface area contributed by atoms with Gasteiger partial charge in [-0.25, -0.2) is 4.98 Å². The number of ether oxygens (including phenoxy) is 1. The maximum Gasteiger partial charge on any atom is 0.123 e. The fourth-order valence-corrected chi connectivity index (χ4v) is 2.81. The van der Waals surface area contributed by atoms with Crippen LogP contribution >= 0.6 is 11.3 Å². The zero-order valence-electron chi connectivity index (χ0n) is 11.7. The standard InChI is InChI=1S/C17H16N2OS/c1-20-16-8-3-2-5-14(16)12-19-15-7-4-6-13(11-15)17-18-9-10-21-17/h2-11,19H,12H2,1H3. The van der Waals surface area contributed by atoms with Crippen molar-refractivity contribution < 1.29 is 4.74 Å². The molecule has 0 aliphatic heterocycles. The van der Waals surface area contributed by atoms with Crippen molar-refractivity contribution in [1.82, 2.24) is 4.98 Å². The first-order valence-corrected chi connectivity index (χ1v) is 7.60. The van der Waals surface area contributed by atoms with Crippen LogP contribution in [0.5, 0.6) is 5.75 Å². The van der Waals surface area contributed by atoms with E-state index >= 15 is 0 Å². The van der Waals surface area contributed by atoms with E-state index in [2.05, 4.69) is 34.6 Å². The number of hydrogen-bond acceptors (Lipinski definition) is 4. The van der Waals surface area contributed by atoms with E-state index in [9.17, 15) is 0 Å². The second-order valence-corrected chi connectivity index (χ2v) is 5.48. The van der Waals surface area contributed by atoms with E-state index in [0.29, 0.717) is 0 Å². The number of rotatable bonds is 5. The minimum Gasteiger partial charge on any atom is -0.496 e. The van der Waals surface area contributed by atoms with E-state index in [0.717, 1.165) is 34.1 Å². The highest BCUT2D eigenvalue weighted by atomic mass is 32.1. The summed E-state index contributed by atoms with van der Waals surface area (Å²) in [4.78, 5) is 4.34. The molecule has 1 N–H and O–H groups in total. The van der Waals surface area contributed by atoms with Crippen molar-refractivity contribution in [3.63, 3.8) is 0 Å². The first-order valence-electron chi connectivity index (χ1n) is 6.72. The van der Waals surface area contributed by atoms with E-state index in [1.54, 1.807) is 18.4 Å². The Bertz CT molecular complexity index is 710. The van der Waals surface area contributed by atoms with Gasteiger partial charge in [0.2, 0.25) is 0 Å². The van der Waals surface area contributed by atoms with Crippen LogP contribution in [0.25, 0.3) is 10.6 Å². The third-order valence-electron chi connectivity index (χ3n) is 3.22. The number of thiazole rings is 1. The van der Waals surface area contributed by atoms with Crippen molar-refractivity contribution in [1.29, 1.82) is 0 Å². The van der Waals surface area contributed by atoms with Crippen LogP contribution < -0.4 is 10.1 Å². The summed E-state index contributed by atoms with van der Waals surface area (Å²) in [6, 6.07) is 16.3. The topological polar surface area (TPSA) is 34.1 Å². The molecule has 106 valence electrons. The molecular weight excluding hydrogens is 280 g/mol. The lowest BCUT2D eigenvalue weighted by Gasteiger charge is -2.11. The number of methoxy groups -OCH3 is 1. The maximum absolute atomic E-state index is 5.37. The monoisotopic (exact) mass is 296 g/mol. The average Bonchev–Trinajstić information content (AvgIpc) is 3.08. The molecular formula is C17H16N2OS. The van der Waals surface area contributed by atoms with Gasteiger partial charge in [0.25, 0.3) is 0 Å². The van der Waals surface area contributed by atoms with Gasteiger partial charge in [-0.2, -0.15) is 0 Å². The molecule has 1 aromatic heterocycles. The van der Waals surface area contributed by atoms with Gasteiger partial charge < -0.3 is 10.1 Å². The zero-order chi connectivity index (χ0) is 14.5. The van der Waals surface area contributed by atoms with E-state index in [1.807, 2.05) is 35.8 Å². The molecule has 0 bridgehead atoms. The second-order valence-electron chi connectivity index (χ2n) is 4.58. The summed E-state index contributed by atoms with van der Waals surface area (Å²) in [5.41, 5.74) is 3.35. The Morgan fingerprint density at radius 3 is 2.86 bits per heavy atom. The van der Waals surface area contributed by atoms with Crippen LogP contribution in [0, 0.1) is 0 Å². The molecule has 2 aromatic carbocycles. The van der Waals surface area contributed by atoms with Gasteiger partial charge in [0.05, 0.1) is 7.11 Å². The lowest BCUT2D eigenvalue weighted by molar-refractivity contribution is 0.410. The molecule has 0 radical (unpaired) electrons. The van der Waals surface area contributed by atoms with Crippen LogP contribution in [0.1, 0.15) is 5.56 Å². The molecule has 0 atom stereocenters. The smallest absolute Gasteiger partial charge is 0.123 e. The molecule has 0 aliphatic carbocycles. The molecule has 0 saturated carbocycles. The van der Waals surface area contributed by atoms with Crippen LogP contribution in [0.15, 0.2) is 60.1 Å². The fraction of sp³-hybridized carbons (Fsp3) is 0.118. The molecule has 0 saturated heterocycles. The third kappa shape index (κ3) is 3.23. The first-order chi connectivity index (χ1) is 10.4. The molecule has 0 amide bonds. The highest BCUT2D eigenvalue weighted by Gasteiger charge is 2.03. The molecule has 3 rings (SSSR count). The Morgan fingerprint density at radius 1 is 1.14 bits per heavy atom. The Hall–Kier alpha value is -2.33. The van der Waals surface area contributed by atoms with Crippen molar-refractivity contribution >= 4 is 17.0 Å². The maximum atomic E-state index is 5.37. The predicted octanol–water partition coefficient (Wildman–Crippen LogP) is 4.43. The number of benzene rings is 2. The van der Waals surface area contributed by atoms with Crippen LogP contribution in [0.2, 0.25) is 0 Å². The Morgan fingerprint density at radius 2 is 2.05 bits per heavy atom. The lowest BCUT2D eigenvalue weighted by atomic mass is 10.1. The number of hydrogen-bond donors (Lipinski definition) is 1. The second kappa shape index (κ2) is 6.41. The van der Waals surface area contributed by atoms with E-state index in [-0.39, 0.29) is 0 Å². The number of anilines is 1. The SMILES string of the molecule is COc1ccccc1CNc1cccc(-c2nccs2)c1. The highest BCUT2D eigenvalue weighted by Crippen LogP contribution is 2.25. The third-order valence-corrected chi connectivity index (χ3v) is 4.04. The molecule has 0 spiro atoms. The number of nitrogens with zero attached hydrogens (tertiary/aromatic N) is 1. The molecule has 3 nitrogen and oxygen atoms in total. The average molecular weight is 296 g/mol. The summed E-state index contributed by atoms with van der Waals surface area (Å²) in [5, 5.41) is 6.46. The minimum absolute atomic E-state index is 0.728. The van der Waals surface area contributed by atoms with Crippen LogP contribution in [-0.4, -0.2) is 12.1 Å². The van der Waals surface area contributed by atoms with Gasteiger partial charge in [0, 0.05) is 34.9 Å². The summed E-state index contributed by atoms with van der Waals surface area (Å²) in [6.45, 7) is 0.728. The Balaban J connectivity index is 1.75. The largest absolute Gasteiger partial charge is 0.496 e. The molecule has 0 aliphatic rings. The molecule has 0 fully saturated rings. The van der Waals surface area contributed by atoms with E-state index in [4.69, 9.17) is 4.74 Å². The van der Waals surface area contributed by atoms with Gasteiger partial charge in [0.1, 0.15) is 10.8 Å². The minimum atomic E-state index is 0.728. The van der Waals surface area contributed by atoms with Gasteiger partial charge in [-0.15, -0.1) is 11.3 Å². The van der Waals surface area contributed by atoms with Crippen molar-refractivity contribution in [2.45, 2.75) is 6.54 Å². The van der Waals surface area contributed by atoms with Crippen molar-refractivity contribution in [3.05, 3.63) is 65.7 Å². The van der Waals surface area contributed by atoms with E-state index in [1.165, 1.54) is 0 Å². The molecule has 1 heterocycles. The predicted molar refractivity (Wildman–Crippen MR) is 87.9 cm³/mol. The van der Waals surface area contributed by atoms with Crippen molar-refractivity contribution in [2.24, 2.45) is 0 Å². The van der Waals surface area contributed by atoms with E-state index < -0.39 is 0 Å². The van der Waals surface area contributed by atoms with Gasteiger partial charge in [-0.3, -0.25) is 0 Å². The van der Waals surface area contributed by atoms with Crippen LogP contribution in [-0.2, 0) is 6.54 Å². The summed E-state index contributed by atoms with van der Waals surface area (Å²) in [6.07, 6.45) is 1.83. The number of nitrogens with one attached hydrogen (secondary N) is 1. The fourth-order valence-electron chi connectivity index (χ4n) is 2.17. The molecule has 3 aromatic rings. The van der Waals surface area contributed by atoms with Crippen molar-refractivity contribution in [3.8, 4) is 16.3 Å². The molecule has 4 heteroatoms. The summed E-state index contributed by atoms with van der Waals surface area (Å²) in [5.74, 6) is 0.904. The van der Waals surface area contributed by atoms with Gasteiger partial charge in [-0.05, 0) is 18.2 Å². The Labute approximate surface area is 128 Å². The lowest BCUT2D eigenvalue weighted by Crippen LogP contribution is -2.01. The van der Waals surface area contributed by atoms with Crippen molar-refractivity contribution in [2.75, 3.05) is 12.4 Å². The zero-order valence-corrected chi connectivity index (χ0v) is 12.6. The summed E-state index contributed by atoms with van der Waals surface area (Å²) >= 11 is 1.65. The highest BCUT2D eigenvalue weighted by molar-refractivity contribution is 7.13. The van der Waals surface area contributed by atoms with Crippen LogP contribution in [0.4, 0.5) is 5.69 Å². The Kier molecular flexibility index (Phi) is 4.17. The van der Waals surface area contributed by atoms with Crippen LogP contribution in [0.3, 0.4) is 0 Å². The quantitative estimate of drug-likeness (QED) is 0.756. The van der Waals surface area contributed by atoms with Gasteiger partial charge >= 0.3 is 0 Å². The summed E-state index contributed by atoms with van der Waals surface area (Å²) in [7, 11) is 1.70. The van der Waals surface area contributed by atoms with Gasteiger partial charge in [0.15, 0.2) is 0 Å². The first kappa shape index (κ1) is 13.6.